The number of sulfonamides is 1. The third kappa shape index (κ3) is 3.28. The van der Waals surface area contributed by atoms with Crippen LogP contribution in [0.3, 0.4) is 0 Å². The van der Waals surface area contributed by atoms with Crippen LogP contribution >= 0.6 is 0 Å². The minimum atomic E-state index is -3.77. The maximum atomic E-state index is 12.5. The first-order valence-corrected chi connectivity index (χ1v) is 9.01. The van der Waals surface area contributed by atoms with E-state index in [4.69, 9.17) is 4.74 Å². The van der Waals surface area contributed by atoms with Gasteiger partial charge in [-0.05, 0) is 37.4 Å². The molecular formula is C16H18N4O4S. The lowest BCUT2D eigenvalue weighted by Gasteiger charge is -2.08. The Morgan fingerprint density at radius 3 is 2.64 bits per heavy atom. The highest BCUT2D eigenvalue weighted by Crippen LogP contribution is 2.19. The Bertz CT molecular complexity index is 1080. The summed E-state index contributed by atoms with van der Waals surface area (Å²) in [6.07, 6.45) is 0. The van der Waals surface area contributed by atoms with E-state index in [-0.39, 0.29) is 17.0 Å². The van der Waals surface area contributed by atoms with Gasteiger partial charge in [-0.2, -0.15) is 5.10 Å². The summed E-state index contributed by atoms with van der Waals surface area (Å²) in [5.74, 6) is 0.627. The summed E-state index contributed by atoms with van der Waals surface area (Å²) in [5.41, 5.74) is 1.41. The van der Waals surface area contributed by atoms with Crippen LogP contribution in [-0.4, -0.2) is 30.7 Å². The molecule has 0 saturated carbocycles. The smallest absolute Gasteiger partial charge is 0.252 e. The number of benzene rings is 1. The van der Waals surface area contributed by atoms with Gasteiger partial charge in [-0.25, -0.2) is 13.1 Å². The van der Waals surface area contributed by atoms with E-state index >= 15 is 0 Å². The highest BCUT2D eigenvalue weighted by Gasteiger charge is 2.22. The van der Waals surface area contributed by atoms with Crippen molar-refractivity contribution in [2.24, 2.45) is 0 Å². The maximum Gasteiger partial charge on any atom is 0.252 e. The molecule has 0 atom stereocenters. The monoisotopic (exact) mass is 362 g/mol. The molecule has 9 heteroatoms. The summed E-state index contributed by atoms with van der Waals surface area (Å²) in [7, 11) is -2.23. The zero-order valence-corrected chi connectivity index (χ0v) is 14.8. The van der Waals surface area contributed by atoms with Gasteiger partial charge < -0.3 is 9.72 Å². The minimum Gasteiger partial charge on any atom is -0.497 e. The van der Waals surface area contributed by atoms with Crippen molar-refractivity contribution in [1.29, 1.82) is 0 Å². The zero-order chi connectivity index (χ0) is 18.2. The molecule has 0 aliphatic carbocycles. The first kappa shape index (κ1) is 17.2. The van der Waals surface area contributed by atoms with Crippen LogP contribution in [0.1, 0.15) is 17.0 Å². The van der Waals surface area contributed by atoms with Crippen LogP contribution < -0.4 is 15.0 Å². The SMILES string of the molecule is COc1ccc2cc(CNS(=O)(=O)c3c(C)n[nH]c3C)c(=O)[nH]c2c1. The van der Waals surface area contributed by atoms with Gasteiger partial charge in [-0.15, -0.1) is 0 Å². The van der Waals surface area contributed by atoms with Gasteiger partial charge >= 0.3 is 0 Å². The van der Waals surface area contributed by atoms with E-state index in [0.29, 0.717) is 28.2 Å². The first-order chi connectivity index (χ1) is 11.8. The van der Waals surface area contributed by atoms with Crippen molar-refractivity contribution in [3.63, 3.8) is 0 Å². The summed E-state index contributed by atoms with van der Waals surface area (Å²) in [6, 6.07) is 6.94. The number of aryl methyl sites for hydroxylation is 2. The van der Waals surface area contributed by atoms with Gasteiger partial charge in [-0.3, -0.25) is 9.89 Å². The van der Waals surface area contributed by atoms with Gasteiger partial charge in [0.05, 0.1) is 24.0 Å². The molecule has 2 heterocycles. The van der Waals surface area contributed by atoms with Crippen LogP contribution in [-0.2, 0) is 16.6 Å². The molecule has 0 unspecified atom stereocenters. The third-order valence-corrected chi connectivity index (χ3v) is 5.58. The molecule has 25 heavy (non-hydrogen) atoms. The van der Waals surface area contributed by atoms with E-state index in [1.807, 2.05) is 0 Å². The Labute approximate surface area is 144 Å². The fourth-order valence-electron chi connectivity index (χ4n) is 2.67. The Morgan fingerprint density at radius 1 is 1.24 bits per heavy atom. The number of nitrogens with one attached hydrogen (secondary N) is 3. The topological polar surface area (TPSA) is 117 Å². The molecule has 132 valence electrons. The predicted octanol–water partition coefficient (Wildman–Crippen LogP) is 1.36. The molecule has 0 fully saturated rings. The van der Waals surface area contributed by atoms with Gasteiger partial charge in [-0.1, -0.05) is 0 Å². The van der Waals surface area contributed by atoms with Crippen molar-refractivity contribution in [3.05, 3.63) is 51.6 Å². The number of H-pyrrole nitrogens is 2. The van der Waals surface area contributed by atoms with Crippen LogP contribution in [0.15, 0.2) is 34.0 Å². The van der Waals surface area contributed by atoms with Crippen molar-refractivity contribution >= 4 is 20.9 Å². The summed E-state index contributed by atoms with van der Waals surface area (Å²) < 4.78 is 32.5. The van der Waals surface area contributed by atoms with Gasteiger partial charge in [0.15, 0.2) is 0 Å². The third-order valence-electron chi connectivity index (χ3n) is 3.91. The molecule has 2 aromatic heterocycles. The molecule has 0 saturated heterocycles. The number of methoxy groups -OCH3 is 1. The molecular weight excluding hydrogens is 344 g/mol. The van der Waals surface area contributed by atoms with Gasteiger partial charge in [0.25, 0.3) is 5.56 Å². The number of ether oxygens (including phenoxy) is 1. The Hall–Kier alpha value is -2.65. The standard InChI is InChI=1S/C16H18N4O4S/c1-9-15(10(2)20-19-9)25(22,23)17-8-12-6-11-4-5-13(24-3)7-14(11)18-16(12)21/h4-7,17H,8H2,1-3H3,(H,18,21)(H,19,20). The summed E-state index contributed by atoms with van der Waals surface area (Å²) in [4.78, 5) is 15.1. The van der Waals surface area contributed by atoms with Crippen LogP contribution in [0, 0.1) is 13.8 Å². The lowest BCUT2D eigenvalue weighted by molar-refractivity contribution is 0.415. The van der Waals surface area contributed by atoms with Crippen LogP contribution in [0.5, 0.6) is 5.75 Å². The molecule has 0 aliphatic heterocycles. The number of pyridine rings is 1. The van der Waals surface area contributed by atoms with Crippen molar-refractivity contribution in [2.45, 2.75) is 25.3 Å². The second-order valence-corrected chi connectivity index (χ2v) is 7.37. The molecule has 0 bridgehead atoms. The molecule has 0 aliphatic rings. The molecule has 3 aromatic rings. The number of nitrogens with zero attached hydrogens (tertiary/aromatic N) is 1. The molecule has 3 rings (SSSR count). The molecule has 0 spiro atoms. The van der Waals surface area contributed by atoms with Gasteiger partial charge in [0.2, 0.25) is 10.0 Å². The van der Waals surface area contributed by atoms with E-state index in [0.717, 1.165) is 5.39 Å². The average molecular weight is 362 g/mol. The van der Waals surface area contributed by atoms with Crippen molar-refractivity contribution < 1.29 is 13.2 Å². The Kier molecular flexibility index (Phi) is 4.36. The highest BCUT2D eigenvalue weighted by molar-refractivity contribution is 7.89. The second kappa shape index (κ2) is 6.34. The number of hydrogen-bond acceptors (Lipinski definition) is 5. The highest BCUT2D eigenvalue weighted by atomic mass is 32.2. The number of hydrogen-bond donors (Lipinski definition) is 3. The van der Waals surface area contributed by atoms with Crippen molar-refractivity contribution in [3.8, 4) is 5.75 Å². The van der Waals surface area contributed by atoms with E-state index in [1.54, 1.807) is 45.2 Å². The van der Waals surface area contributed by atoms with E-state index in [2.05, 4.69) is 19.9 Å². The zero-order valence-electron chi connectivity index (χ0n) is 14.0. The quantitative estimate of drug-likeness (QED) is 0.633. The summed E-state index contributed by atoms with van der Waals surface area (Å²) in [6.45, 7) is 3.11. The second-order valence-electron chi connectivity index (χ2n) is 5.66. The summed E-state index contributed by atoms with van der Waals surface area (Å²) >= 11 is 0. The molecule has 0 amide bonds. The predicted molar refractivity (Wildman–Crippen MR) is 93.2 cm³/mol. The molecule has 0 radical (unpaired) electrons. The first-order valence-electron chi connectivity index (χ1n) is 7.53. The fourth-order valence-corrected chi connectivity index (χ4v) is 4.04. The van der Waals surface area contributed by atoms with Crippen molar-refractivity contribution in [1.82, 2.24) is 19.9 Å². The summed E-state index contributed by atoms with van der Waals surface area (Å²) in [5, 5.41) is 7.31. The van der Waals surface area contributed by atoms with Gasteiger partial charge in [0.1, 0.15) is 10.6 Å². The lowest BCUT2D eigenvalue weighted by Crippen LogP contribution is -2.27. The fraction of sp³-hybridized carbons (Fsp3) is 0.250. The number of rotatable bonds is 5. The maximum absolute atomic E-state index is 12.5. The van der Waals surface area contributed by atoms with Crippen molar-refractivity contribution in [2.75, 3.05) is 7.11 Å². The van der Waals surface area contributed by atoms with Crippen LogP contribution in [0.4, 0.5) is 0 Å². The minimum absolute atomic E-state index is 0.106. The number of aromatic amines is 2. The van der Waals surface area contributed by atoms with E-state index < -0.39 is 10.0 Å². The molecule has 3 N–H and O–H groups in total. The average Bonchev–Trinajstić information content (AvgIpc) is 2.91. The van der Waals surface area contributed by atoms with Crippen LogP contribution in [0.2, 0.25) is 0 Å². The Balaban J connectivity index is 1.91. The lowest BCUT2D eigenvalue weighted by atomic mass is 10.1. The van der Waals surface area contributed by atoms with E-state index in [9.17, 15) is 13.2 Å². The normalized spacial score (nSPS) is 11.8. The van der Waals surface area contributed by atoms with E-state index in [1.165, 1.54) is 0 Å². The van der Waals surface area contributed by atoms with Crippen LogP contribution in [0.25, 0.3) is 10.9 Å². The number of fused-ring (bicyclic) bond motifs is 1. The largest absolute Gasteiger partial charge is 0.497 e. The Morgan fingerprint density at radius 2 is 2.00 bits per heavy atom. The molecule has 1 aromatic carbocycles. The van der Waals surface area contributed by atoms with Gasteiger partial charge in [0, 0.05) is 18.2 Å². The molecule has 8 nitrogen and oxygen atoms in total. The number of aromatic nitrogens is 3.